The second-order valence-electron chi connectivity index (χ2n) is 6.58. The molecule has 2 aromatic carbocycles. The van der Waals surface area contributed by atoms with Gasteiger partial charge in [-0.2, -0.15) is 0 Å². The molecular formula is C22H21N5O2. The standard InChI is InChI=1S/C22H21N5O2/c1-27-14-13-24-21(27)20(16-8-10-17(29-2)11-9-16)26-22(28)25-18-7-3-5-15-6-4-12-23-19(15)18/h3-14,20H,1-2H3,(H2,25,26,28). The van der Waals surface area contributed by atoms with Crippen molar-refractivity contribution in [1.29, 1.82) is 0 Å². The number of aromatic nitrogens is 3. The number of benzene rings is 2. The first-order chi connectivity index (χ1) is 14.2. The number of para-hydroxylation sites is 1. The summed E-state index contributed by atoms with van der Waals surface area (Å²) in [4.78, 5) is 21.7. The number of fused-ring (bicyclic) bond motifs is 1. The van der Waals surface area contributed by atoms with Gasteiger partial charge in [0.2, 0.25) is 0 Å². The van der Waals surface area contributed by atoms with E-state index in [2.05, 4.69) is 20.6 Å². The molecule has 0 aliphatic carbocycles. The third kappa shape index (κ3) is 3.89. The third-order valence-corrected chi connectivity index (χ3v) is 4.72. The van der Waals surface area contributed by atoms with Gasteiger partial charge in [-0.1, -0.05) is 30.3 Å². The molecule has 29 heavy (non-hydrogen) atoms. The number of hydrogen-bond acceptors (Lipinski definition) is 4. The number of carbonyl (C=O) groups is 1. The molecule has 4 rings (SSSR count). The highest BCUT2D eigenvalue weighted by Gasteiger charge is 2.21. The molecule has 7 heteroatoms. The van der Waals surface area contributed by atoms with Gasteiger partial charge >= 0.3 is 6.03 Å². The summed E-state index contributed by atoms with van der Waals surface area (Å²) >= 11 is 0. The smallest absolute Gasteiger partial charge is 0.320 e. The molecule has 4 aromatic rings. The maximum Gasteiger partial charge on any atom is 0.320 e. The van der Waals surface area contributed by atoms with Gasteiger partial charge in [0, 0.05) is 31.0 Å². The Balaban J connectivity index is 1.61. The van der Waals surface area contributed by atoms with Crippen LogP contribution in [0.5, 0.6) is 5.75 Å². The van der Waals surface area contributed by atoms with Crippen LogP contribution in [-0.2, 0) is 7.05 Å². The van der Waals surface area contributed by atoms with Crippen molar-refractivity contribution < 1.29 is 9.53 Å². The van der Waals surface area contributed by atoms with Crippen molar-refractivity contribution in [2.75, 3.05) is 12.4 Å². The molecule has 0 radical (unpaired) electrons. The number of imidazole rings is 1. The zero-order valence-electron chi connectivity index (χ0n) is 16.2. The van der Waals surface area contributed by atoms with Crippen LogP contribution in [0.3, 0.4) is 0 Å². The highest BCUT2D eigenvalue weighted by molar-refractivity contribution is 5.99. The molecule has 0 aliphatic heterocycles. The van der Waals surface area contributed by atoms with Crippen LogP contribution < -0.4 is 15.4 Å². The molecule has 0 saturated carbocycles. The topological polar surface area (TPSA) is 81.1 Å². The predicted molar refractivity (Wildman–Crippen MR) is 112 cm³/mol. The number of nitrogens with one attached hydrogen (secondary N) is 2. The maximum atomic E-state index is 12.9. The van der Waals surface area contributed by atoms with Crippen molar-refractivity contribution in [3.63, 3.8) is 0 Å². The number of rotatable bonds is 5. The second kappa shape index (κ2) is 8.02. The van der Waals surface area contributed by atoms with E-state index < -0.39 is 6.04 Å². The number of hydrogen-bond donors (Lipinski definition) is 2. The van der Waals surface area contributed by atoms with Gasteiger partial charge in [-0.3, -0.25) is 4.98 Å². The Hall–Kier alpha value is -3.87. The molecule has 0 saturated heterocycles. The van der Waals surface area contributed by atoms with Crippen LogP contribution in [0.15, 0.2) is 73.2 Å². The summed E-state index contributed by atoms with van der Waals surface area (Å²) in [5, 5.41) is 6.90. The van der Waals surface area contributed by atoms with Gasteiger partial charge in [0.15, 0.2) is 0 Å². The van der Waals surface area contributed by atoms with Crippen LogP contribution in [0.25, 0.3) is 10.9 Å². The van der Waals surface area contributed by atoms with Crippen LogP contribution >= 0.6 is 0 Å². The molecule has 146 valence electrons. The van der Waals surface area contributed by atoms with E-state index in [9.17, 15) is 4.79 Å². The Morgan fingerprint density at radius 3 is 2.55 bits per heavy atom. The fourth-order valence-corrected chi connectivity index (χ4v) is 3.24. The number of methoxy groups -OCH3 is 1. The monoisotopic (exact) mass is 387 g/mol. The molecule has 0 bridgehead atoms. The normalized spacial score (nSPS) is 11.8. The van der Waals surface area contributed by atoms with Crippen molar-refractivity contribution >= 4 is 22.6 Å². The van der Waals surface area contributed by atoms with E-state index in [1.807, 2.05) is 72.4 Å². The van der Waals surface area contributed by atoms with E-state index in [1.54, 1.807) is 19.5 Å². The number of carbonyl (C=O) groups excluding carboxylic acids is 1. The lowest BCUT2D eigenvalue weighted by molar-refractivity contribution is 0.249. The number of anilines is 1. The average Bonchev–Trinajstić information content (AvgIpc) is 3.18. The summed E-state index contributed by atoms with van der Waals surface area (Å²) < 4.78 is 7.12. The van der Waals surface area contributed by atoms with Gasteiger partial charge in [0.25, 0.3) is 0 Å². The molecule has 2 amide bonds. The van der Waals surface area contributed by atoms with Gasteiger partial charge in [-0.25, -0.2) is 9.78 Å². The molecule has 0 spiro atoms. The summed E-state index contributed by atoms with van der Waals surface area (Å²) in [6, 6.07) is 16.3. The van der Waals surface area contributed by atoms with Crippen molar-refractivity contribution in [2.45, 2.75) is 6.04 Å². The molecular weight excluding hydrogens is 366 g/mol. The van der Waals surface area contributed by atoms with Crippen molar-refractivity contribution in [2.24, 2.45) is 7.05 Å². The summed E-state index contributed by atoms with van der Waals surface area (Å²) in [6.07, 6.45) is 5.26. The number of ether oxygens (including phenoxy) is 1. The minimum absolute atomic E-state index is 0.341. The van der Waals surface area contributed by atoms with Crippen LogP contribution in [0.1, 0.15) is 17.4 Å². The minimum Gasteiger partial charge on any atom is -0.497 e. The lowest BCUT2D eigenvalue weighted by atomic mass is 10.1. The van der Waals surface area contributed by atoms with E-state index in [0.29, 0.717) is 5.69 Å². The lowest BCUT2D eigenvalue weighted by Gasteiger charge is -2.20. The van der Waals surface area contributed by atoms with E-state index in [-0.39, 0.29) is 6.03 Å². The predicted octanol–water partition coefficient (Wildman–Crippen LogP) is 3.89. The van der Waals surface area contributed by atoms with Crippen molar-refractivity contribution in [1.82, 2.24) is 19.9 Å². The molecule has 0 aliphatic rings. The Labute approximate surface area is 168 Å². The van der Waals surface area contributed by atoms with Gasteiger partial charge in [-0.05, 0) is 29.8 Å². The highest BCUT2D eigenvalue weighted by atomic mass is 16.5. The number of urea groups is 1. The first kappa shape index (κ1) is 18.5. The van der Waals surface area contributed by atoms with E-state index in [1.165, 1.54) is 0 Å². The first-order valence-corrected chi connectivity index (χ1v) is 9.18. The number of aryl methyl sites for hydroxylation is 1. The van der Waals surface area contributed by atoms with Crippen molar-refractivity contribution in [3.8, 4) is 5.75 Å². The minimum atomic E-state index is -0.427. The summed E-state index contributed by atoms with van der Waals surface area (Å²) in [7, 11) is 3.52. The van der Waals surface area contributed by atoms with Crippen molar-refractivity contribution in [3.05, 3.63) is 84.6 Å². The lowest BCUT2D eigenvalue weighted by Crippen LogP contribution is -2.34. The van der Waals surface area contributed by atoms with E-state index in [4.69, 9.17) is 4.74 Å². The summed E-state index contributed by atoms with van der Waals surface area (Å²) in [5.74, 6) is 1.47. The van der Waals surface area contributed by atoms with Crippen LogP contribution in [0.2, 0.25) is 0 Å². The highest BCUT2D eigenvalue weighted by Crippen LogP contribution is 2.24. The third-order valence-electron chi connectivity index (χ3n) is 4.72. The quantitative estimate of drug-likeness (QED) is 0.544. The Kier molecular flexibility index (Phi) is 5.11. The fourth-order valence-electron chi connectivity index (χ4n) is 3.24. The van der Waals surface area contributed by atoms with Gasteiger partial charge in [0.1, 0.15) is 17.6 Å². The molecule has 0 fully saturated rings. The Morgan fingerprint density at radius 2 is 1.83 bits per heavy atom. The molecule has 7 nitrogen and oxygen atoms in total. The van der Waals surface area contributed by atoms with Gasteiger partial charge in [0.05, 0.1) is 18.3 Å². The SMILES string of the molecule is COc1ccc(C(NC(=O)Nc2cccc3cccnc23)c2nccn2C)cc1. The van der Waals surface area contributed by atoms with E-state index in [0.717, 1.165) is 28.0 Å². The molecule has 2 N–H and O–H groups in total. The average molecular weight is 387 g/mol. The van der Waals surface area contributed by atoms with Gasteiger partial charge in [-0.15, -0.1) is 0 Å². The van der Waals surface area contributed by atoms with Crippen LogP contribution in [0, 0.1) is 0 Å². The van der Waals surface area contributed by atoms with Gasteiger partial charge < -0.3 is 19.9 Å². The second-order valence-corrected chi connectivity index (χ2v) is 6.58. The zero-order chi connectivity index (χ0) is 20.2. The molecule has 2 heterocycles. The van der Waals surface area contributed by atoms with Crippen LogP contribution in [-0.4, -0.2) is 27.7 Å². The summed E-state index contributed by atoms with van der Waals surface area (Å²) in [5.41, 5.74) is 2.28. The molecule has 1 atom stereocenters. The Bertz CT molecular complexity index is 1130. The number of nitrogens with zero attached hydrogens (tertiary/aromatic N) is 3. The maximum absolute atomic E-state index is 12.9. The first-order valence-electron chi connectivity index (χ1n) is 9.18. The zero-order valence-corrected chi connectivity index (χ0v) is 16.2. The molecule has 1 unspecified atom stereocenters. The Morgan fingerprint density at radius 1 is 1.03 bits per heavy atom. The van der Waals surface area contributed by atoms with Crippen LogP contribution in [0.4, 0.5) is 10.5 Å². The number of amides is 2. The largest absolute Gasteiger partial charge is 0.497 e. The number of pyridine rings is 1. The molecule has 2 aromatic heterocycles. The summed E-state index contributed by atoms with van der Waals surface area (Å²) in [6.45, 7) is 0. The fraction of sp³-hybridized carbons (Fsp3) is 0.136. The van der Waals surface area contributed by atoms with E-state index >= 15 is 0 Å².